The zero-order chi connectivity index (χ0) is 96.4. The molecule has 2 aliphatic heterocycles. The van der Waals surface area contributed by atoms with Crippen LogP contribution in [0.25, 0.3) is 118 Å². The molecule has 0 unspecified atom stereocenters. The quantitative estimate of drug-likeness (QED) is 0.0311. The van der Waals surface area contributed by atoms with Crippen LogP contribution in [-0.4, -0.2) is 67.5 Å². The largest absolute Gasteiger partial charge is 3.00 e. The van der Waals surface area contributed by atoms with Gasteiger partial charge in [0.1, 0.15) is 46.6 Å². The van der Waals surface area contributed by atoms with Crippen molar-refractivity contribution in [1.82, 2.24) is 70.4 Å². The number of oxazole rings is 1. The number of fused-ring (bicyclic) bond motifs is 2. The van der Waals surface area contributed by atoms with Crippen LogP contribution in [-0.2, 0) is 115 Å². The van der Waals surface area contributed by atoms with E-state index in [-0.39, 0.29) is 86.2 Å². The first-order valence-electron chi connectivity index (χ1n) is 42.9. The molecule has 0 bridgehead atoms. The van der Waals surface area contributed by atoms with Crippen molar-refractivity contribution in [2.45, 2.75) is 19.3 Å². The molecule has 2 radical (unpaired) electrons. The number of para-hydroxylation sites is 4. The molecule has 0 saturated carbocycles. The van der Waals surface area contributed by atoms with Gasteiger partial charge >= 0.3 is 60.6 Å². The minimum absolute atomic E-state index is 0. The van der Waals surface area contributed by atoms with Crippen molar-refractivity contribution in [2.24, 2.45) is 0 Å². The Morgan fingerprint density at radius 3 is 1.20 bits per heavy atom. The number of rotatable bonds is 18. The molecule has 14 heterocycles. The third kappa shape index (κ3) is 36.1. The Kier molecular flexibility index (Phi) is 48.9. The summed E-state index contributed by atoms with van der Waals surface area (Å²) in [5.74, 6) is 3.53. The molecular formula is C110H88Cl2Ir2N17O10PtRu-. The Hall–Kier alpha value is -14.7. The molecule has 0 amide bonds. The zero-order valence-electron chi connectivity index (χ0n) is 76.3. The average Bonchev–Trinajstić information content (AvgIpc) is 1.64. The number of ether oxygens (including phenoxy) is 1. The molecule has 12 aromatic heterocycles. The number of nitrogens with one attached hydrogen (secondary N) is 1. The fourth-order valence-corrected chi connectivity index (χ4v) is 13.1. The van der Waals surface area contributed by atoms with E-state index in [0.29, 0.717) is 11.8 Å². The van der Waals surface area contributed by atoms with Crippen LogP contribution in [0.2, 0.25) is 0 Å². The summed E-state index contributed by atoms with van der Waals surface area (Å²) in [6, 6.07) is 131. The van der Waals surface area contributed by atoms with Gasteiger partial charge in [-0.05, 0) is 173 Å². The smallest absolute Gasteiger partial charge is 0.666 e. The molecule has 2 aliphatic rings. The van der Waals surface area contributed by atoms with Crippen molar-refractivity contribution in [1.29, 1.82) is 0 Å². The number of allylic oxidation sites excluding steroid dienone is 1. The Morgan fingerprint density at radius 2 is 0.811 bits per heavy atom. The number of hydrogen-bond donors (Lipinski definition) is 3. The van der Waals surface area contributed by atoms with Crippen LogP contribution in [0, 0.1) is 12.1 Å². The maximum Gasteiger partial charge on any atom is 3.00 e. The topological polar surface area (TPSA) is 333 Å². The van der Waals surface area contributed by atoms with Gasteiger partial charge < -0.3 is 60.4 Å². The van der Waals surface area contributed by atoms with E-state index in [0.717, 1.165) is 136 Å². The molecule has 22 rings (SSSR count). The van der Waals surface area contributed by atoms with Crippen molar-refractivity contribution >= 4 is 70.0 Å². The first-order valence-corrected chi connectivity index (χ1v) is 43.5. The van der Waals surface area contributed by atoms with Gasteiger partial charge in [0, 0.05) is 100 Å². The van der Waals surface area contributed by atoms with Crippen molar-refractivity contribution in [3.05, 3.63) is 513 Å². The summed E-state index contributed by atoms with van der Waals surface area (Å²) >= 11 is 8.59. The van der Waals surface area contributed by atoms with E-state index in [1.54, 1.807) is 55.7 Å². The van der Waals surface area contributed by atoms with E-state index in [2.05, 4.69) is 221 Å². The van der Waals surface area contributed by atoms with E-state index >= 15 is 0 Å². The molecule has 0 spiro atoms. The van der Waals surface area contributed by atoms with Gasteiger partial charge in [0.15, 0.2) is 5.58 Å². The number of aromatic nitrogens is 13. The van der Waals surface area contributed by atoms with E-state index < -0.39 is 0 Å². The standard InChI is InChI=1S/C23H20N2.C19H14N4.C15H9N2O2.C11H11N3.2C11H8N.2C10H8N2.2ClHO4.2Ir.Pt.Ru/c1-23(2,21-13-19(15-24-21)17-9-5-3-6-10-17)22-14-20(16-25-22)18-11-7-4-8-12-18;1-3-7-14(8-4-1)18-12-16(20-22-18)11-17-13-19(23-21-17)15-9-5-2-6-10-15;1-3-7-12-10(5-1)16-14(18-12)9-15-17-11-6-2-4-8-13(11)19-15;1-14(10-6-2-4-8-12-10)11-7-3-5-9-13-11;2*1-2-6-10(7-3-1)11-8-4-5-9-12-11;2*1-3-7-11-9(5-1)10-6-2-4-8-12-10;2*1-3-5-4-2;;;;/h3-16H,1-2H3;1-13,22H;1-9H;2-9H,1H3;2*1-6,8-9H;2*1-8H;2*2H;;;;/q2*-2;-1;;2*-1;;;;;;+3;+2;+1. The molecule has 0 saturated heterocycles. The second-order valence-corrected chi connectivity index (χ2v) is 29.7. The van der Waals surface area contributed by atoms with Crippen molar-refractivity contribution < 1.29 is 129 Å². The van der Waals surface area contributed by atoms with Gasteiger partial charge in [-0.3, -0.25) is 19.9 Å². The molecule has 724 valence electrons. The third-order valence-electron chi connectivity index (χ3n) is 19.8. The van der Waals surface area contributed by atoms with Crippen molar-refractivity contribution in [3.8, 4) is 84.6 Å². The molecular weight excluding hydrogens is 2470 g/mol. The van der Waals surface area contributed by atoms with E-state index in [1.807, 2.05) is 358 Å². The van der Waals surface area contributed by atoms with Gasteiger partial charge in [-0.25, -0.2) is 25.5 Å². The zero-order valence-corrected chi connectivity index (χ0v) is 86.6. The normalized spacial score (nSPS) is 11.3. The number of halogens is 2. The van der Waals surface area contributed by atoms with Crippen LogP contribution in [0.4, 0.5) is 17.3 Å². The first-order chi connectivity index (χ1) is 68.5. The SMILES string of the molecule is C(=C1C=C(c2ccccc2)N[N-]1)c1cc(-c2ccccc2)n[n-]1.C(=C1[N-]c2ccccc2O1)c1nc2ccccc2o1.CC(C)(c1cc(-c2ccccc2)c[n-]1)c1cc(-c2ccccc2)c[n-]1.CN(c1ccccn1)c1ccccn1.OOOOCl.OOOOCl.[Ir+3].[Ir].[Pt+2].[Ru+].[c-]1ccccc1-c1ccccn1.[c-]1ccccc1-c1ccccn1.c1ccc(-c2ccccn2)nc1.c1ccc(-c2ccccn2)nc1. The van der Waals surface area contributed by atoms with Crippen LogP contribution in [0.1, 0.15) is 42.4 Å². The van der Waals surface area contributed by atoms with Gasteiger partial charge in [-0.2, -0.15) is 23.8 Å². The molecule has 27 nitrogen and oxygen atoms in total. The fraction of sp³-hybridized carbons (Fsp3) is 0.0364. The molecule has 0 aliphatic carbocycles. The van der Waals surface area contributed by atoms with Crippen molar-refractivity contribution in [2.75, 3.05) is 11.9 Å². The van der Waals surface area contributed by atoms with Gasteiger partial charge in [0.05, 0.1) is 22.8 Å². The summed E-state index contributed by atoms with van der Waals surface area (Å²) in [4.78, 5) is 49.3. The van der Waals surface area contributed by atoms with E-state index in [9.17, 15) is 0 Å². The maximum atomic E-state index is 7.13. The summed E-state index contributed by atoms with van der Waals surface area (Å²) in [5.41, 5.74) is 29.7. The predicted octanol–water partition coefficient (Wildman–Crippen LogP) is 26.1. The van der Waals surface area contributed by atoms with Crippen molar-refractivity contribution in [3.63, 3.8) is 0 Å². The predicted molar refractivity (Wildman–Crippen MR) is 538 cm³/mol. The van der Waals surface area contributed by atoms with Crippen LogP contribution < -0.4 is 30.1 Å². The van der Waals surface area contributed by atoms with Crippen LogP contribution >= 0.6 is 23.7 Å². The molecule has 143 heavy (non-hydrogen) atoms. The first kappa shape index (κ1) is 112. The van der Waals surface area contributed by atoms with Gasteiger partial charge in [0.2, 0.25) is 5.89 Å². The van der Waals surface area contributed by atoms with Crippen LogP contribution in [0.5, 0.6) is 5.75 Å². The fourth-order valence-electron chi connectivity index (χ4n) is 13.0. The van der Waals surface area contributed by atoms with Crippen LogP contribution in [0.3, 0.4) is 0 Å². The number of anilines is 2. The number of nitrogens with zero attached hydrogens (tertiary/aromatic N) is 16. The summed E-state index contributed by atoms with van der Waals surface area (Å²) in [6.45, 7) is 4.36. The van der Waals surface area contributed by atoms with E-state index in [4.69, 9.17) is 19.7 Å². The Labute approximate surface area is 891 Å². The molecule has 20 aromatic rings. The summed E-state index contributed by atoms with van der Waals surface area (Å²) in [7, 11) is 1.95. The van der Waals surface area contributed by atoms with Crippen LogP contribution in [0.15, 0.2) is 466 Å². The average molecular weight is 2560 g/mol. The van der Waals surface area contributed by atoms with Gasteiger partial charge in [-0.1, -0.05) is 271 Å². The summed E-state index contributed by atoms with van der Waals surface area (Å²) in [6.07, 6.45) is 23.7. The number of hydrogen-bond acceptors (Lipinski definition) is 22. The minimum atomic E-state index is -0.236. The Morgan fingerprint density at radius 1 is 0.420 bits per heavy atom. The second-order valence-electron chi connectivity index (χ2n) is 29.5. The number of benzene rings is 8. The monoisotopic (exact) mass is 2560 g/mol. The third-order valence-corrected chi connectivity index (χ3v) is 19.9. The maximum absolute atomic E-state index is 7.13. The molecule has 8 aromatic carbocycles. The minimum Gasteiger partial charge on any atom is -0.666 e. The Bertz CT molecular complexity index is 6350. The molecule has 0 fully saturated rings. The molecule has 0 atom stereocenters. The Balaban J connectivity index is 0.000000182. The van der Waals surface area contributed by atoms with Gasteiger partial charge in [-0.15, -0.1) is 83.2 Å². The van der Waals surface area contributed by atoms with Gasteiger partial charge in [0.25, 0.3) is 0 Å². The molecule has 33 heteroatoms. The second kappa shape index (κ2) is 62.5. The number of pyridine rings is 8. The summed E-state index contributed by atoms with van der Waals surface area (Å²) in [5, 5.41) is 39.0. The van der Waals surface area contributed by atoms with E-state index in [1.165, 1.54) is 11.1 Å². The summed E-state index contributed by atoms with van der Waals surface area (Å²) < 4.78 is 17.6. The molecule has 3 N–H and O–H groups in total.